The number of nitrogens with two attached hydrogens (primary N) is 1. The molecule has 104 valence electrons. The smallest absolute Gasteiger partial charge is 0.0439 e. The summed E-state index contributed by atoms with van der Waals surface area (Å²) >= 11 is 1.87. The summed E-state index contributed by atoms with van der Waals surface area (Å²) in [6.07, 6.45) is 1.01. The number of benzene rings is 2. The summed E-state index contributed by atoms with van der Waals surface area (Å²) in [6, 6.07) is 13.3. The van der Waals surface area contributed by atoms with Crippen LogP contribution >= 0.6 is 19.7 Å². The van der Waals surface area contributed by atoms with Gasteiger partial charge in [-0.3, -0.25) is 0 Å². The van der Waals surface area contributed by atoms with Gasteiger partial charge in [0.15, 0.2) is 0 Å². The zero-order valence-corrected chi connectivity index (χ0v) is 13.9. The van der Waals surface area contributed by atoms with E-state index in [0.29, 0.717) is 5.66 Å². The minimum absolute atomic E-state index is 0.351. The second-order valence-electron chi connectivity index (χ2n) is 5.37. The lowest BCUT2D eigenvalue weighted by Gasteiger charge is -2.32. The SMILES string of the molecule is CCc1ccc2c(c1N)P(C(C)C)c1ccccc1S2. The highest BCUT2D eigenvalue weighted by Crippen LogP contribution is 2.51. The quantitative estimate of drug-likeness (QED) is 0.666. The maximum atomic E-state index is 6.50. The lowest BCUT2D eigenvalue weighted by Crippen LogP contribution is -2.27. The highest BCUT2D eigenvalue weighted by Gasteiger charge is 2.30. The average molecular weight is 301 g/mol. The maximum absolute atomic E-state index is 6.50. The molecule has 1 aliphatic heterocycles. The highest BCUT2D eigenvalue weighted by molar-refractivity contribution is 8.01. The molecule has 1 nitrogen and oxygen atoms in total. The van der Waals surface area contributed by atoms with Gasteiger partial charge in [0.25, 0.3) is 0 Å². The average Bonchev–Trinajstić information content (AvgIpc) is 2.45. The molecule has 3 rings (SSSR count). The van der Waals surface area contributed by atoms with Crippen LogP contribution in [0.4, 0.5) is 5.69 Å². The Morgan fingerprint density at radius 3 is 2.55 bits per heavy atom. The summed E-state index contributed by atoms with van der Waals surface area (Å²) in [6.45, 7) is 6.82. The van der Waals surface area contributed by atoms with Gasteiger partial charge in [0.1, 0.15) is 0 Å². The van der Waals surface area contributed by atoms with Gasteiger partial charge in [-0.15, -0.1) is 0 Å². The van der Waals surface area contributed by atoms with Crippen molar-refractivity contribution in [2.45, 2.75) is 42.6 Å². The van der Waals surface area contributed by atoms with E-state index in [-0.39, 0.29) is 7.92 Å². The molecule has 0 radical (unpaired) electrons. The highest BCUT2D eigenvalue weighted by atomic mass is 32.2. The molecule has 1 unspecified atom stereocenters. The van der Waals surface area contributed by atoms with E-state index in [1.165, 1.54) is 26.0 Å². The molecule has 2 N–H and O–H groups in total. The third-order valence-electron chi connectivity index (χ3n) is 3.75. The van der Waals surface area contributed by atoms with Crippen LogP contribution in [-0.4, -0.2) is 5.66 Å². The zero-order chi connectivity index (χ0) is 14.3. The van der Waals surface area contributed by atoms with Gasteiger partial charge in [0.2, 0.25) is 0 Å². The summed E-state index contributed by atoms with van der Waals surface area (Å²) in [5.41, 5.74) is 9.44. The first-order valence-corrected chi connectivity index (χ1v) is 9.33. The lowest BCUT2D eigenvalue weighted by molar-refractivity contribution is 1.10. The zero-order valence-electron chi connectivity index (χ0n) is 12.2. The molecule has 1 atom stereocenters. The molecule has 0 aliphatic carbocycles. The molecule has 0 amide bonds. The van der Waals surface area contributed by atoms with E-state index < -0.39 is 0 Å². The molecule has 0 saturated carbocycles. The summed E-state index contributed by atoms with van der Waals surface area (Å²) in [5.74, 6) is 0. The van der Waals surface area contributed by atoms with Crippen molar-refractivity contribution < 1.29 is 0 Å². The van der Waals surface area contributed by atoms with E-state index in [4.69, 9.17) is 5.73 Å². The largest absolute Gasteiger partial charge is 0.398 e. The Labute approximate surface area is 126 Å². The number of fused-ring (bicyclic) bond motifs is 2. The van der Waals surface area contributed by atoms with Gasteiger partial charge in [-0.25, -0.2) is 0 Å². The van der Waals surface area contributed by atoms with Gasteiger partial charge in [0.05, 0.1) is 0 Å². The number of hydrogen-bond donors (Lipinski definition) is 1. The Hall–Kier alpha value is -0.980. The molecular weight excluding hydrogens is 281 g/mol. The molecule has 0 fully saturated rings. The molecule has 1 heterocycles. The Morgan fingerprint density at radius 2 is 1.85 bits per heavy atom. The number of hydrogen-bond acceptors (Lipinski definition) is 2. The molecule has 2 aromatic carbocycles. The first-order chi connectivity index (χ1) is 9.63. The monoisotopic (exact) mass is 301 g/mol. The summed E-state index contributed by atoms with van der Waals surface area (Å²) in [7, 11) is -0.351. The molecular formula is C17H20NPS. The van der Waals surface area contributed by atoms with E-state index in [9.17, 15) is 0 Å². The van der Waals surface area contributed by atoms with Crippen LogP contribution in [-0.2, 0) is 6.42 Å². The first kappa shape index (κ1) is 14.0. The number of rotatable bonds is 2. The fourth-order valence-electron chi connectivity index (χ4n) is 2.79. The molecule has 3 heteroatoms. The molecule has 0 bridgehead atoms. The third kappa shape index (κ3) is 2.16. The fourth-order valence-corrected chi connectivity index (χ4v) is 7.14. The van der Waals surface area contributed by atoms with Crippen LogP contribution in [0.3, 0.4) is 0 Å². The van der Waals surface area contributed by atoms with Crippen LogP contribution in [0.25, 0.3) is 0 Å². The summed E-state index contributed by atoms with van der Waals surface area (Å²) in [4.78, 5) is 2.77. The molecule has 2 aromatic rings. The second kappa shape index (κ2) is 5.42. The van der Waals surface area contributed by atoms with E-state index in [2.05, 4.69) is 57.2 Å². The number of nitrogen functional groups attached to an aromatic ring is 1. The summed E-state index contributed by atoms with van der Waals surface area (Å²) < 4.78 is 0. The Kier molecular flexibility index (Phi) is 3.79. The third-order valence-corrected chi connectivity index (χ3v) is 8.10. The predicted octanol–water partition coefficient (Wildman–Crippen LogP) is 4.14. The van der Waals surface area contributed by atoms with Crippen molar-refractivity contribution in [1.29, 1.82) is 0 Å². The molecule has 0 saturated heterocycles. The van der Waals surface area contributed by atoms with Crippen molar-refractivity contribution in [3.63, 3.8) is 0 Å². The Bertz CT molecular complexity index is 651. The van der Waals surface area contributed by atoms with Crippen LogP contribution in [0, 0.1) is 0 Å². The van der Waals surface area contributed by atoms with Crippen molar-refractivity contribution >= 4 is 36.0 Å². The lowest BCUT2D eigenvalue weighted by atomic mass is 10.1. The van der Waals surface area contributed by atoms with Gasteiger partial charge >= 0.3 is 0 Å². The molecule has 0 aromatic heterocycles. The van der Waals surface area contributed by atoms with E-state index in [1.807, 2.05) is 11.8 Å². The fraction of sp³-hybridized carbons (Fsp3) is 0.294. The van der Waals surface area contributed by atoms with Crippen LogP contribution in [0.1, 0.15) is 26.3 Å². The summed E-state index contributed by atoms with van der Waals surface area (Å²) in [5, 5.41) is 2.91. The van der Waals surface area contributed by atoms with Crippen LogP contribution in [0.15, 0.2) is 46.2 Å². The van der Waals surface area contributed by atoms with Crippen molar-refractivity contribution in [3.8, 4) is 0 Å². The van der Waals surface area contributed by atoms with Crippen molar-refractivity contribution in [2.24, 2.45) is 0 Å². The maximum Gasteiger partial charge on any atom is 0.0439 e. The Balaban J connectivity index is 2.25. The topological polar surface area (TPSA) is 26.0 Å². The number of anilines is 1. The second-order valence-corrected chi connectivity index (χ2v) is 9.16. The Morgan fingerprint density at radius 1 is 1.10 bits per heavy atom. The molecule has 0 spiro atoms. The normalized spacial score (nSPS) is 16.9. The van der Waals surface area contributed by atoms with Gasteiger partial charge in [-0.05, 0) is 43.0 Å². The van der Waals surface area contributed by atoms with Gasteiger partial charge in [-0.2, -0.15) is 0 Å². The standard InChI is InChI=1S/C17H20NPS/c1-4-12-9-10-15-17(16(12)18)19(11(2)3)13-7-5-6-8-14(13)20-15/h5-11H,4,18H2,1-3H3. The van der Waals surface area contributed by atoms with Crippen LogP contribution < -0.4 is 16.3 Å². The predicted molar refractivity (Wildman–Crippen MR) is 92.1 cm³/mol. The minimum atomic E-state index is -0.351. The van der Waals surface area contributed by atoms with Crippen LogP contribution in [0.5, 0.6) is 0 Å². The van der Waals surface area contributed by atoms with Gasteiger partial charge in [-0.1, -0.05) is 56.8 Å². The van der Waals surface area contributed by atoms with Crippen LogP contribution in [0.2, 0.25) is 0 Å². The van der Waals surface area contributed by atoms with Crippen molar-refractivity contribution in [1.82, 2.24) is 0 Å². The van der Waals surface area contributed by atoms with Gasteiger partial charge in [0, 0.05) is 20.8 Å². The van der Waals surface area contributed by atoms with E-state index >= 15 is 0 Å². The minimum Gasteiger partial charge on any atom is -0.398 e. The molecule has 20 heavy (non-hydrogen) atoms. The molecule has 1 aliphatic rings. The first-order valence-electron chi connectivity index (χ1n) is 7.11. The van der Waals surface area contributed by atoms with Crippen molar-refractivity contribution in [3.05, 3.63) is 42.0 Å². The van der Waals surface area contributed by atoms with E-state index in [1.54, 1.807) is 0 Å². The van der Waals surface area contributed by atoms with Crippen molar-refractivity contribution in [2.75, 3.05) is 5.73 Å². The number of aryl methyl sites for hydroxylation is 1. The van der Waals surface area contributed by atoms with E-state index in [0.717, 1.165) is 12.1 Å². The van der Waals surface area contributed by atoms with Gasteiger partial charge < -0.3 is 5.73 Å².